The van der Waals surface area contributed by atoms with E-state index in [1.165, 1.54) is 70.6 Å². The van der Waals surface area contributed by atoms with Crippen molar-refractivity contribution >= 4 is 23.9 Å². The van der Waals surface area contributed by atoms with Crippen LogP contribution in [0.4, 0.5) is 0 Å². The number of unbranched alkanes of at least 4 members (excludes halogenated alkanes) is 20. The minimum absolute atomic E-state index is 0.0441. The van der Waals surface area contributed by atoms with E-state index in [-0.39, 0.29) is 25.9 Å². The topological polar surface area (TPSA) is 175 Å². The fourth-order valence-corrected chi connectivity index (χ4v) is 9.10. The van der Waals surface area contributed by atoms with E-state index < -0.39 is 67.3 Å². The molecular formula is C71H114O12. The Balaban J connectivity index is 2.71. The molecule has 0 bridgehead atoms. The zero-order chi connectivity index (χ0) is 60.3. The van der Waals surface area contributed by atoms with Crippen molar-refractivity contribution in [2.45, 2.75) is 289 Å². The van der Waals surface area contributed by atoms with Gasteiger partial charge in [-0.05, 0) is 122 Å². The van der Waals surface area contributed by atoms with E-state index in [0.29, 0.717) is 25.7 Å². The van der Waals surface area contributed by atoms with Gasteiger partial charge in [-0.2, -0.15) is 0 Å². The van der Waals surface area contributed by atoms with Crippen molar-refractivity contribution in [1.82, 2.24) is 0 Å². The van der Waals surface area contributed by atoms with Crippen LogP contribution in [0.15, 0.2) is 122 Å². The summed E-state index contributed by atoms with van der Waals surface area (Å²) in [5.41, 5.74) is 0. The first-order chi connectivity index (χ1) is 40.6. The maximum atomic E-state index is 13.2. The third-order valence-electron chi connectivity index (χ3n) is 14.0. The van der Waals surface area contributed by atoms with Gasteiger partial charge in [-0.15, -0.1) is 0 Å². The van der Waals surface area contributed by atoms with Crippen LogP contribution in [0.3, 0.4) is 0 Å². The number of hydrogen-bond donors (Lipinski definition) is 3. The van der Waals surface area contributed by atoms with Crippen molar-refractivity contribution in [3.63, 3.8) is 0 Å². The quantitative estimate of drug-likeness (QED) is 0.0228. The van der Waals surface area contributed by atoms with Crippen LogP contribution >= 0.6 is 0 Å². The molecule has 12 nitrogen and oxygen atoms in total. The van der Waals surface area contributed by atoms with E-state index in [1.54, 1.807) is 0 Å². The van der Waals surface area contributed by atoms with Gasteiger partial charge >= 0.3 is 23.9 Å². The summed E-state index contributed by atoms with van der Waals surface area (Å²) in [5.74, 6) is -3.24. The molecule has 1 saturated heterocycles. The molecule has 0 aromatic carbocycles. The lowest BCUT2D eigenvalue weighted by molar-refractivity contribution is -0.301. The summed E-state index contributed by atoms with van der Waals surface area (Å²) in [6.45, 7) is 5.71. The van der Waals surface area contributed by atoms with Gasteiger partial charge in [-0.25, -0.2) is 4.79 Å². The molecule has 1 heterocycles. The SMILES string of the molecule is CC/C=C\C/C=C\C/C=C\C/C=C\C/C=C\CCCC(=O)OCC(COC1OC(C(=O)O)C(O)C(O)C1OC(=O)CCCCCCCCCCC/C=C\CCCCCCCC)OC(=O)CCCCCC/C=C\C/C=C\C/C=C\C/C=C\CC. The second-order valence-corrected chi connectivity index (χ2v) is 21.6. The molecule has 12 heteroatoms. The summed E-state index contributed by atoms with van der Waals surface area (Å²) in [5, 5.41) is 31.6. The molecule has 0 saturated carbocycles. The van der Waals surface area contributed by atoms with E-state index in [9.17, 15) is 34.5 Å². The van der Waals surface area contributed by atoms with Crippen LogP contribution in [0.25, 0.3) is 0 Å². The number of carbonyl (C=O) groups is 4. The smallest absolute Gasteiger partial charge is 0.335 e. The molecule has 0 aliphatic carbocycles. The second kappa shape index (κ2) is 57.5. The van der Waals surface area contributed by atoms with E-state index in [0.717, 1.165) is 116 Å². The highest BCUT2D eigenvalue weighted by molar-refractivity contribution is 5.74. The summed E-state index contributed by atoms with van der Waals surface area (Å²) in [4.78, 5) is 51.3. The van der Waals surface area contributed by atoms with Crippen molar-refractivity contribution < 1.29 is 58.2 Å². The number of hydrogen-bond acceptors (Lipinski definition) is 11. The Morgan fingerprint density at radius 3 is 1.20 bits per heavy atom. The molecule has 6 unspecified atom stereocenters. The molecule has 1 rings (SSSR count). The largest absolute Gasteiger partial charge is 0.479 e. The van der Waals surface area contributed by atoms with Crippen molar-refractivity contribution in [2.75, 3.05) is 13.2 Å². The van der Waals surface area contributed by atoms with Crippen LogP contribution in [0.5, 0.6) is 0 Å². The second-order valence-electron chi connectivity index (χ2n) is 21.6. The number of aliphatic hydroxyl groups excluding tert-OH is 2. The number of allylic oxidation sites excluding steroid dienone is 20. The number of carbonyl (C=O) groups excluding carboxylic acids is 3. The van der Waals surface area contributed by atoms with Gasteiger partial charge in [-0.1, -0.05) is 232 Å². The van der Waals surface area contributed by atoms with Gasteiger partial charge < -0.3 is 39.0 Å². The highest BCUT2D eigenvalue weighted by Gasteiger charge is 2.50. The Morgan fingerprint density at radius 2 is 0.771 bits per heavy atom. The first-order valence-electron chi connectivity index (χ1n) is 32.5. The van der Waals surface area contributed by atoms with Gasteiger partial charge in [0.15, 0.2) is 24.6 Å². The van der Waals surface area contributed by atoms with Crippen molar-refractivity contribution in [2.24, 2.45) is 0 Å². The molecule has 1 fully saturated rings. The molecule has 83 heavy (non-hydrogen) atoms. The molecule has 470 valence electrons. The molecule has 0 aromatic rings. The van der Waals surface area contributed by atoms with Crippen LogP contribution in [0.2, 0.25) is 0 Å². The van der Waals surface area contributed by atoms with Crippen molar-refractivity contribution in [3.05, 3.63) is 122 Å². The summed E-state index contributed by atoms with van der Waals surface area (Å²) >= 11 is 0. The predicted molar refractivity (Wildman–Crippen MR) is 340 cm³/mol. The van der Waals surface area contributed by atoms with Crippen LogP contribution in [0.1, 0.15) is 252 Å². The lowest BCUT2D eigenvalue weighted by Crippen LogP contribution is -2.61. The van der Waals surface area contributed by atoms with Gasteiger partial charge in [0.2, 0.25) is 0 Å². The number of aliphatic carboxylic acids is 1. The van der Waals surface area contributed by atoms with Gasteiger partial charge in [0.25, 0.3) is 0 Å². The average Bonchev–Trinajstić information content (AvgIpc) is 3.58. The minimum Gasteiger partial charge on any atom is -0.479 e. The lowest BCUT2D eigenvalue weighted by Gasteiger charge is -2.40. The number of ether oxygens (including phenoxy) is 5. The third kappa shape index (κ3) is 47.1. The maximum absolute atomic E-state index is 13.2. The van der Waals surface area contributed by atoms with E-state index >= 15 is 0 Å². The van der Waals surface area contributed by atoms with Crippen LogP contribution < -0.4 is 0 Å². The Kier molecular flexibility index (Phi) is 52.8. The van der Waals surface area contributed by atoms with Crippen LogP contribution in [-0.4, -0.2) is 89.2 Å². The van der Waals surface area contributed by atoms with Gasteiger partial charge in [0.1, 0.15) is 18.8 Å². The Hall–Kier alpha value is -4.88. The highest BCUT2D eigenvalue weighted by atomic mass is 16.7. The van der Waals surface area contributed by atoms with Gasteiger partial charge in [-0.3, -0.25) is 14.4 Å². The summed E-state index contributed by atoms with van der Waals surface area (Å²) < 4.78 is 28.4. The Morgan fingerprint density at radius 1 is 0.410 bits per heavy atom. The van der Waals surface area contributed by atoms with Crippen molar-refractivity contribution in [3.8, 4) is 0 Å². The zero-order valence-corrected chi connectivity index (χ0v) is 51.9. The first kappa shape index (κ1) is 76.1. The number of carboxylic acid groups (broad SMARTS) is 1. The summed E-state index contributed by atoms with van der Waals surface area (Å²) in [7, 11) is 0. The van der Waals surface area contributed by atoms with Crippen LogP contribution in [0, 0.1) is 0 Å². The molecular weight excluding hydrogens is 1040 g/mol. The van der Waals surface area contributed by atoms with Gasteiger partial charge in [0.05, 0.1) is 6.61 Å². The summed E-state index contributed by atoms with van der Waals surface area (Å²) in [6.07, 6.45) is 67.3. The number of aliphatic hydroxyl groups is 2. The molecule has 0 aromatic heterocycles. The molecule has 1 aliphatic rings. The monoisotopic (exact) mass is 1160 g/mol. The predicted octanol–water partition coefficient (Wildman–Crippen LogP) is 17.6. The fourth-order valence-electron chi connectivity index (χ4n) is 9.10. The lowest BCUT2D eigenvalue weighted by atomic mass is 9.98. The standard InChI is InChI=1S/C71H114O12/c1-4-7-10-13-16-19-22-25-28-31-32-35-38-41-44-47-50-53-56-59-65(74)82-69-67(76)66(75)68(70(77)78)83-71(69)80-61-62(81-64(73)58-55-52-49-46-43-40-37-34-30-27-24-21-18-15-12-9-6-3)60-79-63(72)57-54-51-48-45-42-39-36-33-29-26-23-20-17-14-11-8-5-2/h8-9,11-12,17-18,20-21,25-30,36-37,39-40,45,48,62,66-69,71,75-76H,4-7,10,13-16,19,22-24,31-35,38,41-44,46-47,49-61H2,1-3H3,(H,77,78)/b11-8-,12-9-,20-17-,21-18-,28-25-,29-26-,30-27-,39-36-,40-37-,48-45-. The number of carboxylic acids is 1. The fraction of sp³-hybridized carbons (Fsp3) is 0.662. The average molecular weight is 1160 g/mol. The van der Waals surface area contributed by atoms with E-state index in [4.69, 9.17) is 23.7 Å². The first-order valence-corrected chi connectivity index (χ1v) is 32.5. The number of rotatable bonds is 54. The van der Waals surface area contributed by atoms with Crippen molar-refractivity contribution in [1.29, 1.82) is 0 Å². The van der Waals surface area contributed by atoms with E-state index in [2.05, 4.69) is 136 Å². The van der Waals surface area contributed by atoms with Gasteiger partial charge in [0, 0.05) is 19.3 Å². The molecule has 0 spiro atoms. The highest BCUT2D eigenvalue weighted by Crippen LogP contribution is 2.26. The Labute approximate surface area is 503 Å². The molecule has 1 aliphatic heterocycles. The zero-order valence-electron chi connectivity index (χ0n) is 51.9. The van der Waals surface area contributed by atoms with E-state index in [1.807, 2.05) is 6.08 Å². The molecule has 3 N–H and O–H groups in total. The summed E-state index contributed by atoms with van der Waals surface area (Å²) in [6, 6.07) is 0. The maximum Gasteiger partial charge on any atom is 0.335 e. The number of esters is 3. The third-order valence-corrected chi connectivity index (χ3v) is 14.0. The molecule has 6 atom stereocenters. The molecule has 0 radical (unpaired) electrons. The minimum atomic E-state index is -1.92. The Bertz CT molecular complexity index is 1900. The molecule has 0 amide bonds. The van der Waals surface area contributed by atoms with Crippen LogP contribution in [-0.2, 0) is 42.9 Å². The normalized spacial score (nSPS) is 18.4.